The van der Waals surface area contributed by atoms with Crippen molar-refractivity contribution in [2.45, 2.75) is 26.3 Å². The minimum absolute atomic E-state index is 0.184. The Morgan fingerprint density at radius 1 is 1.32 bits per heavy atom. The Morgan fingerprint density at radius 2 is 1.89 bits per heavy atom. The van der Waals surface area contributed by atoms with Crippen LogP contribution in [0.1, 0.15) is 20.8 Å². The van der Waals surface area contributed by atoms with Crippen LogP contribution in [-0.4, -0.2) is 23.0 Å². The van der Waals surface area contributed by atoms with Crippen molar-refractivity contribution < 1.29 is 13.6 Å². The summed E-state index contributed by atoms with van der Waals surface area (Å²) < 4.78 is 26.5. The smallest absolute Gasteiger partial charge is 0.239 e. The van der Waals surface area contributed by atoms with Gasteiger partial charge in [0.15, 0.2) is 23.3 Å². The van der Waals surface area contributed by atoms with E-state index in [2.05, 4.69) is 15.6 Å². The lowest BCUT2D eigenvalue weighted by molar-refractivity contribution is -0.120. The number of hydrogen-bond acceptors (Lipinski definition) is 5. The molecule has 0 spiro atoms. The number of nitrogen functional groups attached to an aromatic ring is 1. The van der Waals surface area contributed by atoms with Gasteiger partial charge in [-0.1, -0.05) is 0 Å². The maximum Gasteiger partial charge on any atom is 0.239 e. The van der Waals surface area contributed by atoms with Gasteiger partial charge in [-0.25, -0.2) is 19.6 Å². The van der Waals surface area contributed by atoms with Gasteiger partial charge in [0.1, 0.15) is 0 Å². The van der Waals surface area contributed by atoms with Gasteiger partial charge in [0, 0.05) is 11.6 Å². The van der Waals surface area contributed by atoms with Gasteiger partial charge in [0.2, 0.25) is 5.91 Å². The predicted octanol–water partition coefficient (Wildman–Crippen LogP) is 0.972. The fourth-order valence-electron chi connectivity index (χ4n) is 1.32. The fourth-order valence-corrected chi connectivity index (χ4v) is 1.32. The van der Waals surface area contributed by atoms with E-state index in [1.807, 2.05) is 26.2 Å². The Hall–Kier alpha value is -1.96. The summed E-state index contributed by atoms with van der Waals surface area (Å²) in [6, 6.07) is 0.631. The molecule has 0 aromatic carbocycles. The maximum atomic E-state index is 13.4. The summed E-state index contributed by atoms with van der Waals surface area (Å²) in [5.41, 5.74) is 1.60. The molecule has 0 unspecified atom stereocenters. The summed E-state index contributed by atoms with van der Waals surface area (Å²) in [5.74, 6) is 2.32. The van der Waals surface area contributed by atoms with Gasteiger partial charge < -0.3 is 16.1 Å². The second-order valence-electron chi connectivity index (χ2n) is 4.95. The quantitative estimate of drug-likeness (QED) is 0.484. The molecule has 0 aliphatic carbocycles. The summed E-state index contributed by atoms with van der Waals surface area (Å²) in [7, 11) is 0. The molecule has 19 heavy (non-hydrogen) atoms. The number of nitrogens with zero attached hydrogens (tertiary/aromatic N) is 1. The van der Waals surface area contributed by atoms with Gasteiger partial charge in [0.25, 0.3) is 0 Å². The monoisotopic (exact) mass is 273 g/mol. The average molecular weight is 273 g/mol. The van der Waals surface area contributed by atoms with Gasteiger partial charge in [-0.3, -0.25) is 4.79 Å². The molecule has 106 valence electrons. The summed E-state index contributed by atoms with van der Waals surface area (Å²) in [6.07, 6.45) is 0. The molecular formula is C11H17F2N5O. The zero-order valence-corrected chi connectivity index (χ0v) is 11.0. The Morgan fingerprint density at radius 3 is 2.42 bits per heavy atom. The normalized spacial score (nSPS) is 11.1. The molecule has 0 saturated carbocycles. The number of aromatic nitrogens is 1. The minimum Gasteiger partial charge on any atom is -0.359 e. The van der Waals surface area contributed by atoms with Crippen LogP contribution >= 0.6 is 0 Å². The fraction of sp³-hybridized carbons (Fsp3) is 0.455. The van der Waals surface area contributed by atoms with Crippen LogP contribution in [0.4, 0.5) is 20.4 Å². The minimum atomic E-state index is -0.912. The van der Waals surface area contributed by atoms with Crippen molar-refractivity contribution in [3.05, 3.63) is 17.7 Å². The summed E-state index contributed by atoms with van der Waals surface area (Å²) in [5, 5.41) is 5.16. The Bertz CT molecular complexity index is 473. The van der Waals surface area contributed by atoms with Crippen LogP contribution in [0.15, 0.2) is 6.07 Å². The highest BCUT2D eigenvalue weighted by molar-refractivity contribution is 5.81. The second kappa shape index (κ2) is 5.79. The van der Waals surface area contributed by atoms with Crippen LogP contribution in [0.3, 0.4) is 0 Å². The van der Waals surface area contributed by atoms with Crippen molar-refractivity contribution in [2.75, 3.05) is 17.3 Å². The van der Waals surface area contributed by atoms with E-state index >= 15 is 0 Å². The molecule has 0 bridgehead atoms. The van der Waals surface area contributed by atoms with Gasteiger partial charge in [-0.05, 0) is 20.8 Å². The number of nitrogens with two attached hydrogens (primary N) is 1. The first-order chi connectivity index (χ1) is 8.73. The topological polar surface area (TPSA) is 92.1 Å². The molecule has 5 N–H and O–H groups in total. The van der Waals surface area contributed by atoms with Gasteiger partial charge in [-0.15, -0.1) is 0 Å². The van der Waals surface area contributed by atoms with E-state index in [0.29, 0.717) is 6.07 Å². The molecule has 1 aromatic rings. The Balaban J connectivity index is 2.70. The predicted molar refractivity (Wildman–Crippen MR) is 68.3 cm³/mol. The molecule has 8 heteroatoms. The lowest BCUT2D eigenvalue weighted by Gasteiger charge is -2.20. The Labute approximate surface area is 109 Å². The van der Waals surface area contributed by atoms with Crippen molar-refractivity contribution in [1.29, 1.82) is 0 Å². The van der Waals surface area contributed by atoms with Crippen LogP contribution in [-0.2, 0) is 4.79 Å². The van der Waals surface area contributed by atoms with Crippen LogP contribution in [0, 0.1) is 11.6 Å². The van der Waals surface area contributed by atoms with Gasteiger partial charge >= 0.3 is 0 Å². The molecule has 1 heterocycles. The largest absolute Gasteiger partial charge is 0.359 e. The first-order valence-corrected chi connectivity index (χ1v) is 5.60. The van der Waals surface area contributed by atoms with Crippen LogP contribution in [0.2, 0.25) is 0 Å². The second-order valence-corrected chi connectivity index (χ2v) is 4.95. The van der Waals surface area contributed by atoms with E-state index in [4.69, 9.17) is 5.84 Å². The number of anilines is 2. The molecule has 0 saturated heterocycles. The Kier molecular flexibility index (Phi) is 4.60. The summed E-state index contributed by atoms with van der Waals surface area (Å²) in [6.45, 7) is 5.27. The lowest BCUT2D eigenvalue weighted by Crippen LogP contribution is -2.43. The van der Waals surface area contributed by atoms with Crippen molar-refractivity contribution in [1.82, 2.24) is 10.3 Å². The van der Waals surface area contributed by atoms with Crippen molar-refractivity contribution in [3.63, 3.8) is 0 Å². The number of carbonyl (C=O) groups excluding carboxylic acids is 1. The van der Waals surface area contributed by atoms with Crippen LogP contribution in [0.25, 0.3) is 0 Å². The number of nitrogens with one attached hydrogen (secondary N) is 3. The molecule has 0 aliphatic heterocycles. The number of hydrogen-bond donors (Lipinski definition) is 4. The number of halogens is 2. The maximum absolute atomic E-state index is 13.4. The van der Waals surface area contributed by atoms with Gasteiger partial charge in [0.05, 0.1) is 6.54 Å². The van der Waals surface area contributed by atoms with E-state index in [0.717, 1.165) is 0 Å². The summed E-state index contributed by atoms with van der Waals surface area (Å²) >= 11 is 0. The zero-order chi connectivity index (χ0) is 14.6. The molecule has 1 rings (SSSR count). The average Bonchev–Trinajstić information content (AvgIpc) is 2.25. The zero-order valence-electron chi connectivity index (χ0n) is 11.0. The molecular weight excluding hydrogens is 256 g/mol. The van der Waals surface area contributed by atoms with Crippen molar-refractivity contribution in [3.8, 4) is 0 Å². The van der Waals surface area contributed by atoms with E-state index in [1.165, 1.54) is 0 Å². The molecule has 0 atom stereocenters. The van der Waals surface area contributed by atoms with Crippen molar-refractivity contribution >= 4 is 17.5 Å². The number of pyridine rings is 1. The lowest BCUT2D eigenvalue weighted by atomic mass is 10.1. The standard InChI is InChI=1S/C11H17F2N5O/c1-11(2,3)17-8(19)5-15-9-6(12)4-7(13)10(16-9)18-14/h4H,5,14H2,1-3H3,(H,17,19)(H2,15,16,18). The van der Waals surface area contributed by atoms with Crippen LogP contribution in [0.5, 0.6) is 0 Å². The molecule has 6 nitrogen and oxygen atoms in total. The molecule has 1 amide bonds. The number of carbonyl (C=O) groups is 1. The molecule has 1 aromatic heterocycles. The highest BCUT2D eigenvalue weighted by Crippen LogP contribution is 2.17. The van der Waals surface area contributed by atoms with E-state index in [1.54, 1.807) is 0 Å². The van der Waals surface area contributed by atoms with Gasteiger partial charge in [-0.2, -0.15) is 0 Å². The summed E-state index contributed by atoms with van der Waals surface area (Å²) in [4.78, 5) is 15.1. The highest BCUT2D eigenvalue weighted by atomic mass is 19.1. The number of amides is 1. The number of rotatable bonds is 4. The molecule has 0 fully saturated rings. The first-order valence-electron chi connectivity index (χ1n) is 5.60. The third kappa shape index (κ3) is 4.66. The third-order valence-electron chi connectivity index (χ3n) is 2.00. The molecule has 0 radical (unpaired) electrons. The van der Waals surface area contributed by atoms with E-state index < -0.39 is 17.2 Å². The number of hydrazine groups is 1. The third-order valence-corrected chi connectivity index (χ3v) is 2.00. The first kappa shape index (κ1) is 15.1. The highest BCUT2D eigenvalue weighted by Gasteiger charge is 2.15. The SMILES string of the molecule is CC(C)(C)NC(=O)CNc1nc(NN)c(F)cc1F. The van der Waals surface area contributed by atoms with E-state index in [9.17, 15) is 13.6 Å². The van der Waals surface area contributed by atoms with Crippen LogP contribution < -0.4 is 21.9 Å². The van der Waals surface area contributed by atoms with Crippen molar-refractivity contribution in [2.24, 2.45) is 5.84 Å². The molecule has 0 aliphatic rings. The van der Waals surface area contributed by atoms with E-state index in [-0.39, 0.29) is 24.1 Å².